The molecule has 0 spiro atoms. The number of hydrogen-bond acceptors (Lipinski definition) is 6. The standard InChI is InChI=1S/C16H15ClN2O5/c1-9(15(21)10-2-4-13(20)5-3-10)18-8-11-6-12(17)7-14(16(11)22)19(23)24/h2-9,15,20-22H,1H3/t9-,15+/m0/s1. The molecule has 0 unspecified atom stereocenters. The smallest absolute Gasteiger partial charge is 0.312 e. The van der Waals surface area contributed by atoms with E-state index in [4.69, 9.17) is 11.6 Å². The maximum atomic E-state index is 10.9. The third-order valence-corrected chi connectivity index (χ3v) is 3.64. The van der Waals surface area contributed by atoms with Crippen LogP contribution in [0.1, 0.15) is 24.2 Å². The number of rotatable bonds is 5. The first kappa shape index (κ1) is 17.7. The van der Waals surface area contributed by atoms with Gasteiger partial charge in [0.2, 0.25) is 5.75 Å². The number of phenols is 2. The van der Waals surface area contributed by atoms with E-state index in [1.807, 2.05) is 0 Å². The van der Waals surface area contributed by atoms with Crippen molar-refractivity contribution in [3.63, 3.8) is 0 Å². The summed E-state index contributed by atoms with van der Waals surface area (Å²) in [6, 6.07) is 7.81. The lowest BCUT2D eigenvalue weighted by Crippen LogP contribution is -2.12. The maximum absolute atomic E-state index is 10.9. The van der Waals surface area contributed by atoms with Gasteiger partial charge in [0.15, 0.2) is 0 Å². The van der Waals surface area contributed by atoms with Gasteiger partial charge < -0.3 is 15.3 Å². The fourth-order valence-corrected chi connectivity index (χ4v) is 2.29. The lowest BCUT2D eigenvalue weighted by atomic mass is 10.0. The Labute approximate surface area is 142 Å². The van der Waals surface area contributed by atoms with Crippen LogP contribution in [-0.4, -0.2) is 32.5 Å². The highest BCUT2D eigenvalue weighted by Crippen LogP contribution is 2.32. The number of phenolic OH excluding ortho intramolecular Hbond substituents is 2. The second-order valence-corrected chi connectivity index (χ2v) is 5.61. The normalized spacial score (nSPS) is 13.8. The molecule has 126 valence electrons. The van der Waals surface area contributed by atoms with Crippen molar-refractivity contribution in [2.75, 3.05) is 0 Å². The minimum absolute atomic E-state index is 0.0817. The fraction of sp³-hybridized carbons (Fsp3) is 0.188. The average molecular weight is 351 g/mol. The zero-order valence-corrected chi connectivity index (χ0v) is 13.4. The molecule has 2 rings (SSSR count). The van der Waals surface area contributed by atoms with E-state index in [9.17, 15) is 25.4 Å². The summed E-state index contributed by atoms with van der Waals surface area (Å²) in [5.41, 5.74) is 0.119. The monoisotopic (exact) mass is 350 g/mol. The highest BCUT2D eigenvalue weighted by molar-refractivity contribution is 6.31. The van der Waals surface area contributed by atoms with Crippen molar-refractivity contribution in [2.24, 2.45) is 4.99 Å². The molecule has 0 radical (unpaired) electrons. The number of benzene rings is 2. The number of aliphatic hydroxyl groups is 1. The Bertz CT molecular complexity index is 777. The lowest BCUT2D eigenvalue weighted by Gasteiger charge is -2.15. The van der Waals surface area contributed by atoms with Gasteiger partial charge in [-0.05, 0) is 30.7 Å². The van der Waals surface area contributed by atoms with Crippen molar-refractivity contribution in [3.8, 4) is 11.5 Å². The van der Waals surface area contributed by atoms with Gasteiger partial charge in [0.1, 0.15) is 11.9 Å². The SMILES string of the molecule is C[C@H](N=Cc1cc(Cl)cc([N+](=O)[O-])c1O)[C@@H](O)c1ccc(O)cc1. The van der Waals surface area contributed by atoms with Crippen LogP contribution in [0.5, 0.6) is 11.5 Å². The van der Waals surface area contributed by atoms with Crippen LogP contribution in [0.4, 0.5) is 5.69 Å². The Hall–Kier alpha value is -2.64. The van der Waals surface area contributed by atoms with Gasteiger partial charge in [0.25, 0.3) is 0 Å². The molecular formula is C16H15ClN2O5. The topological polar surface area (TPSA) is 116 Å². The van der Waals surface area contributed by atoms with Gasteiger partial charge in [0.05, 0.1) is 11.0 Å². The molecule has 0 bridgehead atoms. The van der Waals surface area contributed by atoms with E-state index in [0.717, 1.165) is 6.07 Å². The van der Waals surface area contributed by atoms with E-state index in [-0.39, 0.29) is 16.3 Å². The number of aromatic hydroxyl groups is 2. The van der Waals surface area contributed by atoms with Gasteiger partial charge in [-0.25, -0.2) is 0 Å². The van der Waals surface area contributed by atoms with Crippen molar-refractivity contribution in [1.82, 2.24) is 0 Å². The summed E-state index contributed by atoms with van der Waals surface area (Å²) in [5.74, 6) is -0.460. The summed E-state index contributed by atoms with van der Waals surface area (Å²) in [7, 11) is 0. The summed E-state index contributed by atoms with van der Waals surface area (Å²) in [6.45, 7) is 1.64. The third-order valence-electron chi connectivity index (χ3n) is 3.42. The molecule has 0 aliphatic heterocycles. The van der Waals surface area contributed by atoms with Crippen molar-refractivity contribution in [2.45, 2.75) is 19.1 Å². The van der Waals surface area contributed by atoms with E-state index in [0.29, 0.717) is 5.56 Å². The van der Waals surface area contributed by atoms with Gasteiger partial charge in [-0.2, -0.15) is 0 Å². The van der Waals surface area contributed by atoms with E-state index >= 15 is 0 Å². The molecule has 8 heteroatoms. The second-order valence-electron chi connectivity index (χ2n) is 5.18. The minimum atomic E-state index is -0.946. The van der Waals surface area contributed by atoms with Crippen LogP contribution < -0.4 is 0 Å². The summed E-state index contributed by atoms with van der Waals surface area (Å²) in [6.07, 6.45) is 0.279. The number of nitro groups is 1. The summed E-state index contributed by atoms with van der Waals surface area (Å²) in [4.78, 5) is 14.2. The highest BCUT2D eigenvalue weighted by Gasteiger charge is 2.19. The second kappa shape index (κ2) is 7.29. The van der Waals surface area contributed by atoms with Crippen molar-refractivity contribution in [1.29, 1.82) is 0 Å². The maximum Gasteiger partial charge on any atom is 0.312 e. The number of aliphatic imine (C=N–C) groups is 1. The van der Waals surface area contributed by atoms with Crippen molar-refractivity contribution < 1.29 is 20.2 Å². The van der Waals surface area contributed by atoms with Gasteiger partial charge in [-0.15, -0.1) is 0 Å². The molecule has 2 aromatic rings. The van der Waals surface area contributed by atoms with Gasteiger partial charge in [-0.1, -0.05) is 23.7 Å². The van der Waals surface area contributed by atoms with E-state index in [2.05, 4.69) is 4.99 Å². The summed E-state index contributed by atoms with van der Waals surface area (Å²) < 4.78 is 0. The van der Waals surface area contributed by atoms with Crippen molar-refractivity contribution in [3.05, 3.63) is 62.7 Å². The molecule has 2 atom stereocenters. The van der Waals surface area contributed by atoms with Crippen LogP contribution in [0.2, 0.25) is 5.02 Å². The minimum Gasteiger partial charge on any atom is -0.508 e. The van der Waals surface area contributed by atoms with Gasteiger partial charge in [-0.3, -0.25) is 15.1 Å². The molecule has 0 aromatic heterocycles. The highest BCUT2D eigenvalue weighted by atomic mass is 35.5. The molecule has 3 N–H and O–H groups in total. The first-order chi connectivity index (χ1) is 11.3. The predicted molar refractivity (Wildman–Crippen MR) is 89.9 cm³/mol. The lowest BCUT2D eigenvalue weighted by molar-refractivity contribution is -0.385. The molecule has 24 heavy (non-hydrogen) atoms. The predicted octanol–water partition coefficient (Wildman–Crippen LogP) is 3.20. The first-order valence-electron chi connectivity index (χ1n) is 6.96. The zero-order valence-electron chi connectivity index (χ0n) is 12.6. The molecule has 0 aliphatic rings. The van der Waals surface area contributed by atoms with Crippen LogP contribution in [0.15, 0.2) is 41.4 Å². The van der Waals surface area contributed by atoms with Crippen LogP contribution in [-0.2, 0) is 0 Å². The number of aliphatic hydroxyl groups excluding tert-OH is 1. The van der Waals surface area contributed by atoms with E-state index < -0.39 is 28.5 Å². The van der Waals surface area contributed by atoms with Gasteiger partial charge in [0, 0.05) is 22.9 Å². The Balaban J connectivity index is 2.24. The van der Waals surface area contributed by atoms with E-state index in [1.54, 1.807) is 19.1 Å². The van der Waals surface area contributed by atoms with Crippen LogP contribution in [0.25, 0.3) is 0 Å². The molecule has 0 heterocycles. The van der Waals surface area contributed by atoms with Crippen molar-refractivity contribution >= 4 is 23.5 Å². The quantitative estimate of drug-likeness (QED) is 0.435. The molecule has 2 aromatic carbocycles. The summed E-state index contributed by atoms with van der Waals surface area (Å²) in [5, 5.41) is 40.3. The van der Waals surface area contributed by atoms with Crippen LogP contribution >= 0.6 is 11.6 Å². The molecular weight excluding hydrogens is 336 g/mol. The number of hydrogen-bond donors (Lipinski definition) is 3. The van der Waals surface area contributed by atoms with Crippen LogP contribution in [0, 0.1) is 10.1 Å². The molecule has 0 fully saturated rings. The first-order valence-corrected chi connectivity index (χ1v) is 7.34. The van der Waals surface area contributed by atoms with Crippen LogP contribution in [0.3, 0.4) is 0 Å². The summed E-state index contributed by atoms with van der Waals surface area (Å²) >= 11 is 5.80. The molecule has 0 aliphatic carbocycles. The molecule has 0 amide bonds. The average Bonchev–Trinajstić information content (AvgIpc) is 2.54. The Morgan fingerprint density at radius 2 is 1.88 bits per heavy atom. The number of nitrogens with zero attached hydrogens (tertiary/aromatic N) is 2. The third kappa shape index (κ3) is 4.01. The van der Waals surface area contributed by atoms with Gasteiger partial charge >= 0.3 is 5.69 Å². The fourth-order valence-electron chi connectivity index (χ4n) is 2.07. The largest absolute Gasteiger partial charge is 0.508 e. The number of nitro benzene ring substituents is 1. The zero-order chi connectivity index (χ0) is 17.9. The Morgan fingerprint density at radius 3 is 2.46 bits per heavy atom. The number of halogens is 1. The Kier molecular flexibility index (Phi) is 5.38. The van der Waals surface area contributed by atoms with E-state index in [1.165, 1.54) is 24.4 Å². The Morgan fingerprint density at radius 1 is 1.25 bits per heavy atom. The molecule has 0 saturated carbocycles. The molecule has 0 saturated heterocycles. The molecule has 7 nitrogen and oxygen atoms in total.